The van der Waals surface area contributed by atoms with Crippen LogP contribution in [0.25, 0.3) is 63.6 Å². The molecule has 3 aromatic carbocycles. The van der Waals surface area contributed by atoms with Crippen molar-refractivity contribution < 1.29 is 0 Å². The number of fused-ring (bicyclic) bond motifs is 2. The summed E-state index contributed by atoms with van der Waals surface area (Å²) in [6.45, 7) is 0. The fraction of sp³-hybridized carbons (Fsp3) is 0. The molecule has 0 N–H and O–H groups in total. The number of nitrogens with zero attached hydrogens (tertiary/aromatic N) is 2. The smallest absolute Gasteiger partial charge is 0.123 e. The van der Waals surface area contributed by atoms with Gasteiger partial charge in [-0.3, -0.25) is 0 Å². The summed E-state index contributed by atoms with van der Waals surface area (Å²) < 4.78 is 0. The van der Waals surface area contributed by atoms with E-state index in [1.165, 1.54) is 42.4 Å². The van der Waals surface area contributed by atoms with Gasteiger partial charge in [-0.15, -0.1) is 45.3 Å². The zero-order valence-corrected chi connectivity index (χ0v) is 21.0. The van der Waals surface area contributed by atoms with Crippen LogP contribution in [0.4, 0.5) is 0 Å². The van der Waals surface area contributed by atoms with E-state index in [1.807, 2.05) is 23.2 Å². The Morgan fingerprint density at radius 1 is 0.471 bits per heavy atom. The summed E-state index contributed by atoms with van der Waals surface area (Å²) in [6, 6.07) is 22.4. The van der Waals surface area contributed by atoms with Gasteiger partial charge in [-0.1, -0.05) is 36.4 Å². The summed E-state index contributed by atoms with van der Waals surface area (Å²) in [5.74, 6) is 0. The van der Waals surface area contributed by atoms with Crippen molar-refractivity contribution in [3.8, 4) is 42.0 Å². The van der Waals surface area contributed by atoms with E-state index in [0.717, 1.165) is 21.1 Å². The molecule has 34 heavy (non-hydrogen) atoms. The predicted octanol–water partition coefficient (Wildman–Crippen LogP) is 9.70. The van der Waals surface area contributed by atoms with E-state index >= 15 is 0 Å². The van der Waals surface area contributed by atoms with Crippen molar-refractivity contribution in [3.63, 3.8) is 0 Å². The third-order valence-corrected chi connectivity index (χ3v) is 9.43. The Morgan fingerprint density at radius 2 is 0.971 bits per heavy atom. The van der Waals surface area contributed by atoms with Crippen molar-refractivity contribution >= 4 is 66.9 Å². The van der Waals surface area contributed by atoms with E-state index in [0.29, 0.717) is 0 Å². The van der Waals surface area contributed by atoms with Gasteiger partial charge >= 0.3 is 0 Å². The highest BCUT2D eigenvalue weighted by molar-refractivity contribution is 7.14. The second kappa shape index (κ2) is 8.25. The number of aromatic nitrogens is 2. The van der Waals surface area contributed by atoms with E-state index in [-0.39, 0.29) is 0 Å². The number of hydrogen-bond acceptors (Lipinski definition) is 6. The highest BCUT2D eigenvalue weighted by atomic mass is 32.1. The van der Waals surface area contributed by atoms with Crippen LogP contribution >= 0.6 is 45.3 Å². The fourth-order valence-electron chi connectivity index (χ4n) is 4.60. The molecular weight excluding hydrogens is 493 g/mol. The molecule has 0 aliphatic rings. The van der Waals surface area contributed by atoms with Crippen LogP contribution in [0.5, 0.6) is 0 Å². The number of thiazole rings is 2. The minimum absolute atomic E-state index is 1.05. The van der Waals surface area contributed by atoms with Gasteiger partial charge in [0.25, 0.3) is 0 Å². The maximum atomic E-state index is 4.58. The minimum atomic E-state index is 1.05. The molecule has 0 bridgehead atoms. The lowest BCUT2D eigenvalue weighted by Gasteiger charge is -2.17. The zero-order chi connectivity index (χ0) is 22.5. The third kappa shape index (κ3) is 3.26. The van der Waals surface area contributed by atoms with Gasteiger partial charge in [0.15, 0.2) is 0 Å². The Hall–Kier alpha value is -3.16. The summed E-state index contributed by atoms with van der Waals surface area (Å²) in [7, 11) is 0. The second-order valence-electron chi connectivity index (χ2n) is 7.90. The van der Waals surface area contributed by atoms with Crippen LogP contribution < -0.4 is 0 Å². The molecule has 2 nitrogen and oxygen atoms in total. The van der Waals surface area contributed by atoms with Gasteiger partial charge in [0.05, 0.1) is 0 Å². The topological polar surface area (TPSA) is 25.8 Å². The first-order valence-electron chi connectivity index (χ1n) is 10.8. The first-order chi connectivity index (χ1) is 16.9. The van der Waals surface area contributed by atoms with Crippen molar-refractivity contribution in [1.82, 2.24) is 9.97 Å². The summed E-state index contributed by atoms with van der Waals surface area (Å²) >= 11 is 6.95. The Labute approximate surface area is 212 Å². The van der Waals surface area contributed by atoms with Crippen LogP contribution in [0.15, 0.2) is 94.6 Å². The molecule has 7 rings (SSSR count). The largest absolute Gasteiger partial charge is 0.245 e. The Balaban J connectivity index is 1.65. The predicted molar refractivity (Wildman–Crippen MR) is 150 cm³/mol. The van der Waals surface area contributed by atoms with Gasteiger partial charge < -0.3 is 0 Å². The van der Waals surface area contributed by atoms with E-state index in [4.69, 9.17) is 0 Å². The molecule has 0 aliphatic heterocycles. The van der Waals surface area contributed by atoms with Crippen molar-refractivity contribution in [1.29, 1.82) is 0 Å². The Morgan fingerprint density at radius 3 is 1.35 bits per heavy atom. The van der Waals surface area contributed by atoms with E-state index in [2.05, 4.69) is 81.4 Å². The van der Waals surface area contributed by atoms with Crippen molar-refractivity contribution in [2.24, 2.45) is 0 Å². The van der Waals surface area contributed by atoms with Gasteiger partial charge in [0, 0.05) is 55.2 Å². The van der Waals surface area contributed by atoms with Gasteiger partial charge in [0.2, 0.25) is 0 Å². The van der Waals surface area contributed by atoms with Gasteiger partial charge in [0.1, 0.15) is 10.0 Å². The van der Waals surface area contributed by atoms with Gasteiger partial charge in [-0.25, -0.2) is 9.97 Å². The quantitative estimate of drug-likeness (QED) is 0.221. The lowest BCUT2D eigenvalue weighted by Crippen LogP contribution is -1.90. The fourth-order valence-corrected chi connectivity index (χ4v) is 7.47. The van der Waals surface area contributed by atoms with E-state index < -0.39 is 0 Å². The molecule has 162 valence electrons. The second-order valence-corrected chi connectivity index (χ2v) is 11.6. The van der Waals surface area contributed by atoms with Gasteiger partial charge in [-0.2, -0.15) is 0 Å². The normalized spacial score (nSPS) is 11.5. The van der Waals surface area contributed by atoms with E-state index in [1.54, 1.807) is 45.3 Å². The molecule has 0 saturated carbocycles. The monoisotopic (exact) mass is 508 g/mol. The van der Waals surface area contributed by atoms with Crippen LogP contribution in [-0.2, 0) is 0 Å². The lowest BCUT2D eigenvalue weighted by molar-refractivity contribution is 1.42. The molecule has 0 amide bonds. The first kappa shape index (κ1) is 20.2. The van der Waals surface area contributed by atoms with Crippen molar-refractivity contribution in [2.45, 2.75) is 0 Å². The first-order valence-corrected chi connectivity index (χ1v) is 14.3. The summed E-state index contributed by atoms with van der Waals surface area (Å²) in [5, 5.41) is 15.6. The van der Waals surface area contributed by atoms with Crippen LogP contribution in [-0.4, -0.2) is 9.97 Å². The maximum Gasteiger partial charge on any atom is 0.123 e. The summed E-state index contributed by atoms with van der Waals surface area (Å²) in [5.41, 5.74) is 4.92. The molecule has 0 atom stereocenters. The van der Waals surface area contributed by atoms with Crippen LogP contribution in [0.2, 0.25) is 0 Å². The molecule has 7 aromatic rings. The Kier molecular flexibility index (Phi) is 4.91. The molecule has 4 heterocycles. The number of thiophene rings is 2. The van der Waals surface area contributed by atoms with Crippen molar-refractivity contribution in [3.05, 3.63) is 94.6 Å². The summed E-state index contributed by atoms with van der Waals surface area (Å²) in [4.78, 5) is 11.7. The van der Waals surface area contributed by atoms with Crippen LogP contribution in [0.3, 0.4) is 0 Å². The molecule has 4 aromatic heterocycles. The minimum Gasteiger partial charge on any atom is -0.245 e. The molecule has 0 saturated heterocycles. The molecule has 0 spiro atoms. The summed E-state index contributed by atoms with van der Waals surface area (Å²) in [6.07, 6.45) is 3.75. The van der Waals surface area contributed by atoms with Crippen LogP contribution in [0.1, 0.15) is 0 Å². The zero-order valence-electron chi connectivity index (χ0n) is 17.8. The molecule has 0 unspecified atom stereocenters. The molecule has 6 heteroatoms. The van der Waals surface area contributed by atoms with Crippen molar-refractivity contribution in [2.75, 3.05) is 0 Å². The van der Waals surface area contributed by atoms with E-state index in [9.17, 15) is 0 Å². The molecule has 0 aliphatic carbocycles. The number of rotatable bonds is 4. The van der Waals surface area contributed by atoms with Crippen LogP contribution in [0, 0.1) is 0 Å². The SMILES string of the molecule is c1csc(-c2c3ccc(-c4nccs4)cc3c(-c3cccs3)c3ccc(-c4nccs4)cc23)c1. The molecule has 0 fully saturated rings. The maximum absolute atomic E-state index is 4.58. The standard InChI is InChI=1S/C28H16N2S4/c1-3-23(31-11-1)25-19-7-5-18(28-30-10-14-34-28)16-22(19)26(24-4-2-12-32-24)20-8-6-17(15-21(20)25)27-29-9-13-33-27/h1-16H. The molecular formula is C28H16N2S4. The third-order valence-electron chi connectivity index (χ3n) is 6.01. The average molecular weight is 509 g/mol. The Bertz CT molecular complexity index is 1600. The van der Waals surface area contributed by atoms with Gasteiger partial charge in [-0.05, 0) is 56.6 Å². The number of benzene rings is 3. The average Bonchev–Trinajstić information content (AvgIpc) is 3.70. The highest BCUT2D eigenvalue weighted by Crippen LogP contribution is 2.47. The number of hydrogen-bond donors (Lipinski definition) is 0. The highest BCUT2D eigenvalue weighted by Gasteiger charge is 2.19. The lowest BCUT2D eigenvalue weighted by atomic mass is 9.88. The molecule has 0 radical (unpaired) electrons.